The van der Waals surface area contributed by atoms with Gasteiger partial charge in [0.15, 0.2) is 6.29 Å². The molecule has 1 fully saturated rings. The molecule has 102 valence electrons. The van der Waals surface area contributed by atoms with Crippen LogP contribution in [0.1, 0.15) is 10.4 Å². The lowest BCUT2D eigenvalue weighted by Crippen LogP contribution is -2.51. The molecule has 0 bridgehead atoms. The summed E-state index contributed by atoms with van der Waals surface area (Å²) in [7, 11) is 2.06. The molecule has 1 aliphatic rings. The number of likely N-dealkylation sites (tertiary alicyclic amines) is 1. The molecule has 0 aliphatic carbocycles. The molecule has 1 saturated heterocycles. The predicted octanol–water partition coefficient (Wildman–Crippen LogP) is 2.86. The second kappa shape index (κ2) is 5.47. The molecule has 3 nitrogen and oxygen atoms in total. The first kappa shape index (κ1) is 12.9. The van der Waals surface area contributed by atoms with E-state index in [1.807, 2.05) is 36.4 Å². The maximum atomic E-state index is 11.1. The van der Waals surface area contributed by atoms with E-state index in [1.165, 1.54) is 0 Å². The minimum atomic E-state index is 0.185. The smallest absolute Gasteiger partial charge is 0.153 e. The highest BCUT2D eigenvalue weighted by Gasteiger charge is 2.25. The average molecular weight is 267 g/mol. The number of aldehydes is 1. The molecule has 2 aromatic rings. The van der Waals surface area contributed by atoms with Gasteiger partial charge in [0.2, 0.25) is 0 Å². The maximum absolute atomic E-state index is 11.1. The molecule has 1 heterocycles. The Morgan fingerprint density at radius 3 is 2.50 bits per heavy atom. The van der Waals surface area contributed by atoms with Gasteiger partial charge in [0, 0.05) is 13.1 Å². The second-order valence-corrected chi connectivity index (χ2v) is 5.20. The van der Waals surface area contributed by atoms with Crippen molar-refractivity contribution in [1.82, 2.24) is 4.90 Å². The van der Waals surface area contributed by atoms with Crippen molar-refractivity contribution >= 4 is 6.29 Å². The van der Waals surface area contributed by atoms with Crippen molar-refractivity contribution in [3.05, 3.63) is 54.1 Å². The van der Waals surface area contributed by atoms with Gasteiger partial charge in [0.1, 0.15) is 11.9 Å². The van der Waals surface area contributed by atoms with Gasteiger partial charge in [-0.25, -0.2) is 0 Å². The van der Waals surface area contributed by atoms with Crippen LogP contribution in [0.15, 0.2) is 48.5 Å². The van der Waals surface area contributed by atoms with Crippen molar-refractivity contribution in [1.29, 1.82) is 0 Å². The van der Waals surface area contributed by atoms with Crippen molar-refractivity contribution in [2.45, 2.75) is 6.10 Å². The van der Waals surface area contributed by atoms with Crippen LogP contribution in [0.5, 0.6) is 5.75 Å². The lowest BCUT2D eigenvalue weighted by atomic mass is 10.0. The van der Waals surface area contributed by atoms with Gasteiger partial charge in [-0.15, -0.1) is 0 Å². The van der Waals surface area contributed by atoms with Crippen LogP contribution in [0.2, 0.25) is 0 Å². The van der Waals surface area contributed by atoms with E-state index < -0.39 is 0 Å². The molecule has 1 aliphatic heterocycles. The molecule has 0 radical (unpaired) electrons. The van der Waals surface area contributed by atoms with Gasteiger partial charge in [-0.05, 0) is 30.3 Å². The van der Waals surface area contributed by atoms with Crippen LogP contribution in [0.3, 0.4) is 0 Å². The quantitative estimate of drug-likeness (QED) is 0.798. The zero-order chi connectivity index (χ0) is 13.9. The van der Waals surface area contributed by atoms with Crippen LogP contribution in [0.4, 0.5) is 0 Å². The van der Waals surface area contributed by atoms with E-state index in [-0.39, 0.29) is 6.10 Å². The summed E-state index contributed by atoms with van der Waals surface area (Å²) < 4.78 is 5.93. The van der Waals surface area contributed by atoms with E-state index in [0.29, 0.717) is 11.3 Å². The van der Waals surface area contributed by atoms with Crippen molar-refractivity contribution < 1.29 is 9.53 Å². The Balaban J connectivity index is 1.89. The Bertz CT molecular complexity index is 604. The maximum Gasteiger partial charge on any atom is 0.153 e. The first-order chi connectivity index (χ1) is 9.76. The number of carbonyl (C=O) groups is 1. The number of benzene rings is 2. The SMILES string of the molecule is CN1CC(Oc2cc(-c3ccccc3)ccc2C=O)C1. The molecule has 20 heavy (non-hydrogen) atoms. The lowest BCUT2D eigenvalue weighted by molar-refractivity contribution is 0.0384. The topological polar surface area (TPSA) is 29.5 Å². The Morgan fingerprint density at radius 1 is 1.10 bits per heavy atom. The fraction of sp³-hybridized carbons (Fsp3) is 0.235. The summed E-state index contributed by atoms with van der Waals surface area (Å²) in [5, 5.41) is 0. The van der Waals surface area contributed by atoms with E-state index in [1.54, 1.807) is 0 Å². The third kappa shape index (κ3) is 2.58. The normalized spacial score (nSPS) is 15.7. The fourth-order valence-corrected chi connectivity index (χ4v) is 2.44. The standard InChI is InChI=1S/C17H17NO2/c1-18-10-16(11-18)20-17-9-14(7-8-15(17)12-19)13-5-3-2-4-6-13/h2-9,12,16H,10-11H2,1H3. The summed E-state index contributed by atoms with van der Waals surface area (Å²) >= 11 is 0. The van der Waals surface area contributed by atoms with Gasteiger partial charge in [0.05, 0.1) is 5.56 Å². The molecular weight excluding hydrogens is 250 g/mol. The van der Waals surface area contributed by atoms with Crippen LogP contribution >= 0.6 is 0 Å². The van der Waals surface area contributed by atoms with Crippen molar-refractivity contribution in [2.24, 2.45) is 0 Å². The molecule has 0 spiro atoms. The summed E-state index contributed by atoms with van der Waals surface area (Å²) in [5.74, 6) is 0.680. The molecule has 0 saturated carbocycles. The number of rotatable bonds is 4. The van der Waals surface area contributed by atoms with Crippen LogP contribution in [-0.2, 0) is 0 Å². The van der Waals surface area contributed by atoms with E-state index >= 15 is 0 Å². The molecule has 0 unspecified atom stereocenters. The largest absolute Gasteiger partial charge is 0.487 e. The molecule has 0 N–H and O–H groups in total. The van der Waals surface area contributed by atoms with Crippen LogP contribution < -0.4 is 4.74 Å². The minimum absolute atomic E-state index is 0.185. The Kier molecular flexibility index (Phi) is 3.52. The highest BCUT2D eigenvalue weighted by molar-refractivity contribution is 5.81. The number of likely N-dealkylation sites (N-methyl/N-ethyl adjacent to an activating group) is 1. The summed E-state index contributed by atoms with van der Waals surface area (Å²) in [4.78, 5) is 13.3. The molecule has 3 rings (SSSR count). The lowest BCUT2D eigenvalue weighted by Gasteiger charge is -2.36. The minimum Gasteiger partial charge on any atom is -0.487 e. The summed E-state index contributed by atoms with van der Waals surface area (Å²) in [6, 6.07) is 15.8. The summed E-state index contributed by atoms with van der Waals surface area (Å²) in [6.45, 7) is 1.82. The molecule has 2 aromatic carbocycles. The first-order valence-electron chi connectivity index (χ1n) is 6.76. The number of carbonyl (C=O) groups excluding carboxylic acids is 1. The Morgan fingerprint density at radius 2 is 1.85 bits per heavy atom. The molecule has 0 amide bonds. The predicted molar refractivity (Wildman–Crippen MR) is 79.2 cm³/mol. The van der Waals surface area contributed by atoms with Crippen molar-refractivity contribution in [3.8, 4) is 16.9 Å². The van der Waals surface area contributed by atoms with Gasteiger partial charge in [-0.3, -0.25) is 9.69 Å². The fourth-order valence-electron chi connectivity index (χ4n) is 2.44. The van der Waals surface area contributed by atoms with Crippen molar-refractivity contribution in [3.63, 3.8) is 0 Å². The van der Waals surface area contributed by atoms with Gasteiger partial charge < -0.3 is 4.74 Å². The van der Waals surface area contributed by atoms with Gasteiger partial charge in [0.25, 0.3) is 0 Å². The van der Waals surface area contributed by atoms with E-state index in [2.05, 4.69) is 24.1 Å². The summed E-state index contributed by atoms with van der Waals surface area (Å²) in [5.41, 5.74) is 2.80. The molecule has 0 aromatic heterocycles. The van der Waals surface area contributed by atoms with Gasteiger partial charge in [-0.1, -0.05) is 36.4 Å². The number of hydrogen-bond acceptors (Lipinski definition) is 3. The molecule has 3 heteroatoms. The van der Waals surface area contributed by atoms with Crippen LogP contribution in [-0.4, -0.2) is 37.4 Å². The second-order valence-electron chi connectivity index (χ2n) is 5.20. The third-order valence-corrected chi connectivity index (χ3v) is 3.57. The van der Waals surface area contributed by atoms with E-state index in [9.17, 15) is 4.79 Å². The van der Waals surface area contributed by atoms with Crippen molar-refractivity contribution in [2.75, 3.05) is 20.1 Å². The first-order valence-corrected chi connectivity index (χ1v) is 6.76. The van der Waals surface area contributed by atoms with E-state index in [4.69, 9.17) is 4.74 Å². The molecular formula is C17H17NO2. The highest BCUT2D eigenvalue weighted by atomic mass is 16.5. The number of ether oxygens (including phenoxy) is 1. The zero-order valence-corrected chi connectivity index (χ0v) is 11.5. The van der Waals surface area contributed by atoms with Gasteiger partial charge >= 0.3 is 0 Å². The summed E-state index contributed by atoms with van der Waals surface area (Å²) in [6.07, 6.45) is 1.04. The number of nitrogens with zero attached hydrogens (tertiary/aromatic N) is 1. The Hall–Kier alpha value is -2.13. The monoisotopic (exact) mass is 267 g/mol. The number of hydrogen-bond donors (Lipinski definition) is 0. The van der Waals surface area contributed by atoms with Crippen LogP contribution in [0.25, 0.3) is 11.1 Å². The highest BCUT2D eigenvalue weighted by Crippen LogP contribution is 2.28. The van der Waals surface area contributed by atoms with Gasteiger partial charge in [-0.2, -0.15) is 0 Å². The van der Waals surface area contributed by atoms with E-state index in [0.717, 1.165) is 30.5 Å². The average Bonchev–Trinajstić information content (AvgIpc) is 2.46. The molecule has 0 atom stereocenters. The third-order valence-electron chi connectivity index (χ3n) is 3.57. The Labute approximate surface area is 118 Å². The van der Waals surface area contributed by atoms with Crippen LogP contribution in [0, 0.1) is 0 Å². The zero-order valence-electron chi connectivity index (χ0n) is 11.5.